The van der Waals surface area contributed by atoms with Gasteiger partial charge in [0, 0.05) is 0 Å². The van der Waals surface area contributed by atoms with E-state index in [1.807, 2.05) is 0 Å². The molecule has 0 amide bonds. The smallest absolute Gasteiger partial charge is 0.433 e. The number of aliphatic carboxylic acids is 1. The predicted molar refractivity (Wildman–Crippen MR) is 46.5 cm³/mol. The van der Waals surface area contributed by atoms with Gasteiger partial charge in [0.05, 0.1) is 6.07 Å². The lowest BCUT2D eigenvalue weighted by atomic mass is 10.5. The van der Waals surface area contributed by atoms with Crippen LogP contribution in [0.25, 0.3) is 0 Å². The number of furan rings is 1. The molecule has 0 aliphatic rings. The Morgan fingerprint density at radius 3 is 3.00 bits per heavy atom. The van der Waals surface area contributed by atoms with Gasteiger partial charge in [-0.2, -0.15) is 0 Å². The fourth-order valence-electron chi connectivity index (χ4n) is 0.691. The highest BCUT2D eigenvalue weighted by atomic mass is 16.7. The lowest BCUT2D eigenvalue weighted by Crippen LogP contribution is -2.03. The van der Waals surface area contributed by atoms with Crippen molar-refractivity contribution in [3.05, 3.63) is 28.0 Å². The van der Waals surface area contributed by atoms with Gasteiger partial charge in [0.1, 0.15) is 11.1 Å². The molecule has 0 fully saturated rings. The Morgan fingerprint density at radius 1 is 1.73 bits per heavy atom. The van der Waals surface area contributed by atoms with Crippen LogP contribution in [0.3, 0.4) is 0 Å². The minimum Gasteiger partial charge on any atom is -0.479 e. The van der Waals surface area contributed by atoms with E-state index < -0.39 is 23.4 Å². The third-order valence-electron chi connectivity index (χ3n) is 1.24. The molecule has 0 aromatic carbocycles. The fourth-order valence-corrected chi connectivity index (χ4v) is 0.691. The number of carboxylic acids is 1. The van der Waals surface area contributed by atoms with Crippen LogP contribution >= 0.6 is 0 Å². The highest BCUT2D eigenvalue weighted by molar-refractivity contribution is 5.75. The Kier molecular flexibility index (Phi) is 3.38. The number of hydrogen-bond acceptors (Lipinski definition) is 6. The number of nitro groups is 1. The van der Waals surface area contributed by atoms with Gasteiger partial charge in [-0.3, -0.25) is 10.1 Å². The van der Waals surface area contributed by atoms with Crippen LogP contribution in [0.15, 0.2) is 21.7 Å². The molecule has 8 heteroatoms. The number of carbonyl (C=O) groups is 1. The summed E-state index contributed by atoms with van der Waals surface area (Å²) in [6.07, 6.45) is 1.04. The van der Waals surface area contributed by atoms with E-state index in [-0.39, 0.29) is 5.76 Å². The Labute approximate surface area is 82.9 Å². The highest BCUT2D eigenvalue weighted by Gasteiger charge is 2.10. The summed E-state index contributed by atoms with van der Waals surface area (Å²) in [5, 5.41) is 21.6. The van der Waals surface area contributed by atoms with Gasteiger partial charge in [0.2, 0.25) is 6.61 Å². The summed E-state index contributed by atoms with van der Waals surface area (Å²) in [5.41, 5.74) is 0. The van der Waals surface area contributed by atoms with Gasteiger partial charge in [-0.05, 0) is 6.07 Å². The summed E-state index contributed by atoms with van der Waals surface area (Å²) in [6, 6.07) is 2.46. The molecule has 0 bridgehead atoms. The summed E-state index contributed by atoms with van der Waals surface area (Å²) in [4.78, 5) is 23.8. The van der Waals surface area contributed by atoms with Crippen molar-refractivity contribution >= 4 is 18.1 Å². The second kappa shape index (κ2) is 4.74. The second-order valence-corrected chi connectivity index (χ2v) is 2.33. The summed E-state index contributed by atoms with van der Waals surface area (Å²) >= 11 is 0. The molecule has 1 aromatic heterocycles. The molecule has 0 radical (unpaired) electrons. The largest absolute Gasteiger partial charge is 0.479 e. The molecular weight excluding hydrogens is 208 g/mol. The third kappa shape index (κ3) is 3.46. The molecule has 8 nitrogen and oxygen atoms in total. The zero-order valence-electron chi connectivity index (χ0n) is 7.32. The van der Waals surface area contributed by atoms with Gasteiger partial charge < -0.3 is 14.4 Å². The van der Waals surface area contributed by atoms with E-state index in [1.165, 1.54) is 6.07 Å². The maximum absolute atomic E-state index is 10.2. The number of oxime groups is 1. The SMILES string of the molecule is O=C(O)CO/N=C\c1ccc([N+](=O)[O-])o1. The molecule has 1 rings (SSSR count). The van der Waals surface area contributed by atoms with Gasteiger partial charge in [-0.1, -0.05) is 5.16 Å². The monoisotopic (exact) mass is 214 g/mol. The molecule has 1 heterocycles. The van der Waals surface area contributed by atoms with Crippen LogP contribution in [0.1, 0.15) is 5.76 Å². The molecule has 0 unspecified atom stereocenters. The Bertz CT molecular complexity index is 396. The molecule has 0 spiro atoms. The summed E-state index contributed by atoms with van der Waals surface area (Å²) in [7, 11) is 0. The zero-order chi connectivity index (χ0) is 11.3. The van der Waals surface area contributed by atoms with Gasteiger partial charge in [0.15, 0.2) is 5.76 Å². The Hall–Kier alpha value is -2.38. The molecule has 0 aliphatic heterocycles. The van der Waals surface area contributed by atoms with E-state index in [1.54, 1.807) is 0 Å². The lowest BCUT2D eigenvalue weighted by molar-refractivity contribution is -0.402. The first kappa shape index (κ1) is 10.7. The predicted octanol–water partition coefficient (Wildman–Crippen LogP) is 0.623. The van der Waals surface area contributed by atoms with Crippen molar-refractivity contribution in [3.8, 4) is 0 Å². The first-order valence-corrected chi connectivity index (χ1v) is 3.71. The fraction of sp³-hybridized carbons (Fsp3) is 0.143. The third-order valence-corrected chi connectivity index (χ3v) is 1.24. The van der Waals surface area contributed by atoms with Crippen LogP contribution < -0.4 is 0 Å². The number of hydrogen-bond donors (Lipinski definition) is 1. The van der Waals surface area contributed by atoms with E-state index in [0.29, 0.717) is 0 Å². The van der Waals surface area contributed by atoms with Crippen molar-refractivity contribution in [1.29, 1.82) is 0 Å². The normalized spacial score (nSPS) is 10.4. The summed E-state index contributed by atoms with van der Waals surface area (Å²) in [5.74, 6) is -1.49. The van der Waals surface area contributed by atoms with Crippen molar-refractivity contribution in [2.45, 2.75) is 0 Å². The van der Waals surface area contributed by atoms with Crippen LogP contribution in [0.5, 0.6) is 0 Å². The summed E-state index contributed by atoms with van der Waals surface area (Å²) < 4.78 is 4.68. The standard InChI is InChI=1S/C7H6N2O6/c10-7(11)4-14-8-3-5-1-2-6(15-5)9(12)13/h1-3H,4H2,(H,10,11)/b8-3-. The number of rotatable bonds is 5. The van der Waals surface area contributed by atoms with Crippen molar-refractivity contribution < 1.29 is 24.1 Å². The van der Waals surface area contributed by atoms with Crippen molar-refractivity contribution in [2.24, 2.45) is 5.16 Å². The van der Waals surface area contributed by atoms with Crippen molar-refractivity contribution in [1.82, 2.24) is 0 Å². The minimum atomic E-state index is -1.17. The second-order valence-electron chi connectivity index (χ2n) is 2.33. The molecule has 0 saturated carbocycles. The lowest BCUT2D eigenvalue weighted by Gasteiger charge is -1.90. The van der Waals surface area contributed by atoms with E-state index in [2.05, 4.69) is 14.4 Å². The number of carboxylic acid groups (broad SMARTS) is 1. The van der Waals surface area contributed by atoms with E-state index >= 15 is 0 Å². The molecule has 80 valence electrons. The molecule has 15 heavy (non-hydrogen) atoms. The molecule has 0 aliphatic carbocycles. The highest BCUT2D eigenvalue weighted by Crippen LogP contribution is 2.13. The van der Waals surface area contributed by atoms with Gasteiger partial charge in [-0.25, -0.2) is 4.79 Å². The van der Waals surface area contributed by atoms with Crippen LogP contribution in [-0.2, 0) is 9.63 Å². The molecule has 1 N–H and O–H groups in total. The van der Waals surface area contributed by atoms with Gasteiger partial charge in [-0.15, -0.1) is 0 Å². The molecule has 0 saturated heterocycles. The molecule has 1 aromatic rings. The Balaban J connectivity index is 2.50. The molecule has 0 atom stereocenters. The summed E-state index contributed by atoms with van der Waals surface area (Å²) in [6.45, 7) is -0.584. The van der Waals surface area contributed by atoms with Crippen LogP contribution in [0.4, 0.5) is 5.88 Å². The maximum Gasteiger partial charge on any atom is 0.433 e. The minimum absolute atomic E-state index is 0.104. The van der Waals surface area contributed by atoms with Gasteiger partial charge >= 0.3 is 11.9 Å². The van der Waals surface area contributed by atoms with E-state index in [9.17, 15) is 14.9 Å². The Morgan fingerprint density at radius 2 is 2.47 bits per heavy atom. The van der Waals surface area contributed by atoms with E-state index in [0.717, 1.165) is 12.3 Å². The van der Waals surface area contributed by atoms with Gasteiger partial charge in [0.25, 0.3) is 0 Å². The van der Waals surface area contributed by atoms with Crippen molar-refractivity contribution in [3.63, 3.8) is 0 Å². The average molecular weight is 214 g/mol. The number of nitrogens with zero attached hydrogens (tertiary/aromatic N) is 2. The zero-order valence-corrected chi connectivity index (χ0v) is 7.32. The van der Waals surface area contributed by atoms with Crippen LogP contribution in [-0.4, -0.2) is 28.8 Å². The first-order valence-electron chi connectivity index (χ1n) is 3.71. The van der Waals surface area contributed by atoms with Crippen molar-refractivity contribution in [2.75, 3.05) is 6.61 Å². The quantitative estimate of drug-likeness (QED) is 0.436. The average Bonchev–Trinajstić information content (AvgIpc) is 2.60. The first-order chi connectivity index (χ1) is 7.09. The topological polar surface area (TPSA) is 115 Å². The molecular formula is C7H6N2O6. The van der Waals surface area contributed by atoms with Crippen LogP contribution in [0, 0.1) is 10.1 Å². The van der Waals surface area contributed by atoms with Crippen LogP contribution in [0.2, 0.25) is 0 Å². The van der Waals surface area contributed by atoms with E-state index in [4.69, 9.17) is 5.11 Å². The maximum atomic E-state index is 10.2.